The van der Waals surface area contributed by atoms with E-state index in [9.17, 15) is 0 Å². The van der Waals surface area contributed by atoms with E-state index < -0.39 is 0 Å². The Morgan fingerprint density at radius 3 is 2.93 bits per heavy atom. The number of aromatic nitrogens is 2. The van der Waals surface area contributed by atoms with Crippen LogP contribution in [0.1, 0.15) is 5.56 Å². The van der Waals surface area contributed by atoms with E-state index in [1.54, 1.807) is 11.8 Å². The Labute approximate surface area is 82.3 Å². The standard InChI is InChI=1S/C10H13N3O/c1-13-10-8(6-12-13)3-7(5-11)4-9(10)14-2/h3-4,6H,5,11H2,1-2H3. The van der Waals surface area contributed by atoms with Gasteiger partial charge in [-0.1, -0.05) is 0 Å². The monoisotopic (exact) mass is 191 g/mol. The number of nitrogens with zero attached hydrogens (tertiary/aromatic N) is 2. The molecule has 0 spiro atoms. The molecular weight excluding hydrogens is 178 g/mol. The Bertz CT molecular complexity index is 462. The van der Waals surface area contributed by atoms with Crippen molar-refractivity contribution in [3.63, 3.8) is 0 Å². The third-order valence-electron chi connectivity index (χ3n) is 2.31. The molecule has 2 aromatic rings. The molecule has 2 rings (SSSR count). The Kier molecular flexibility index (Phi) is 2.13. The molecule has 0 aliphatic carbocycles. The molecule has 0 bridgehead atoms. The predicted octanol–water partition coefficient (Wildman–Crippen LogP) is 1.04. The van der Waals surface area contributed by atoms with Crippen molar-refractivity contribution < 1.29 is 4.74 Å². The van der Waals surface area contributed by atoms with Gasteiger partial charge < -0.3 is 10.5 Å². The molecule has 74 valence electrons. The zero-order valence-corrected chi connectivity index (χ0v) is 8.32. The minimum absolute atomic E-state index is 0.515. The lowest BCUT2D eigenvalue weighted by molar-refractivity contribution is 0.417. The zero-order valence-electron chi connectivity index (χ0n) is 8.32. The topological polar surface area (TPSA) is 53.1 Å². The molecular formula is C10H13N3O. The van der Waals surface area contributed by atoms with Gasteiger partial charge >= 0.3 is 0 Å². The Morgan fingerprint density at radius 1 is 1.50 bits per heavy atom. The van der Waals surface area contributed by atoms with Gasteiger partial charge in [-0.05, 0) is 17.7 Å². The third-order valence-corrected chi connectivity index (χ3v) is 2.31. The number of methoxy groups -OCH3 is 1. The van der Waals surface area contributed by atoms with Gasteiger partial charge in [0.1, 0.15) is 11.3 Å². The summed E-state index contributed by atoms with van der Waals surface area (Å²) in [6.07, 6.45) is 1.82. The van der Waals surface area contributed by atoms with E-state index in [1.165, 1.54) is 0 Å². The molecule has 0 atom stereocenters. The fourth-order valence-corrected chi connectivity index (χ4v) is 1.61. The molecule has 0 radical (unpaired) electrons. The summed E-state index contributed by atoms with van der Waals surface area (Å²) in [5, 5.41) is 5.24. The quantitative estimate of drug-likeness (QED) is 0.771. The van der Waals surface area contributed by atoms with Crippen molar-refractivity contribution in [2.45, 2.75) is 6.54 Å². The molecule has 4 heteroatoms. The van der Waals surface area contributed by atoms with E-state index in [1.807, 2.05) is 25.4 Å². The summed E-state index contributed by atoms with van der Waals surface area (Å²) in [6, 6.07) is 3.98. The van der Waals surface area contributed by atoms with Crippen molar-refractivity contribution in [1.29, 1.82) is 0 Å². The van der Waals surface area contributed by atoms with Crippen LogP contribution in [0.25, 0.3) is 10.9 Å². The van der Waals surface area contributed by atoms with Crippen LogP contribution in [-0.2, 0) is 13.6 Å². The van der Waals surface area contributed by atoms with Crippen molar-refractivity contribution >= 4 is 10.9 Å². The number of nitrogens with two attached hydrogens (primary N) is 1. The molecule has 0 saturated heterocycles. The van der Waals surface area contributed by atoms with Crippen molar-refractivity contribution in [2.24, 2.45) is 12.8 Å². The maximum absolute atomic E-state index is 5.59. The molecule has 1 aromatic heterocycles. The van der Waals surface area contributed by atoms with Crippen molar-refractivity contribution in [3.05, 3.63) is 23.9 Å². The van der Waals surface area contributed by atoms with Gasteiger partial charge in [0, 0.05) is 19.0 Å². The van der Waals surface area contributed by atoms with Crippen LogP contribution in [0.15, 0.2) is 18.3 Å². The summed E-state index contributed by atoms with van der Waals surface area (Å²) < 4.78 is 7.09. The van der Waals surface area contributed by atoms with Crippen LogP contribution in [0.4, 0.5) is 0 Å². The van der Waals surface area contributed by atoms with E-state index in [2.05, 4.69) is 5.10 Å². The highest BCUT2D eigenvalue weighted by molar-refractivity contribution is 5.85. The maximum Gasteiger partial charge on any atom is 0.145 e. The summed E-state index contributed by atoms with van der Waals surface area (Å²) in [4.78, 5) is 0. The van der Waals surface area contributed by atoms with Gasteiger partial charge in [0.25, 0.3) is 0 Å². The first-order valence-corrected chi connectivity index (χ1v) is 4.45. The van der Waals surface area contributed by atoms with E-state index >= 15 is 0 Å². The zero-order chi connectivity index (χ0) is 10.1. The van der Waals surface area contributed by atoms with E-state index in [-0.39, 0.29) is 0 Å². The molecule has 1 heterocycles. The van der Waals surface area contributed by atoms with E-state index in [0.29, 0.717) is 6.54 Å². The minimum Gasteiger partial charge on any atom is -0.494 e. The van der Waals surface area contributed by atoms with Gasteiger partial charge in [0.05, 0.1) is 13.3 Å². The molecule has 2 N–H and O–H groups in total. The number of hydrogen-bond acceptors (Lipinski definition) is 3. The van der Waals surface area contributed by atoms with Crippen LogP contribution in [-0.4, -0.2) is 16.9 Å². The number of aryl methyl sites for hydroxylation is 1. The lowest BCUT2D eigenvalue weighted by Gasteiger charge is -2.05. The first kappa shape index (κ1) is 9.02. The maximum atomic E-state index is 5.59. The Hall–Kier alpha value is -1.55. The molecule has 0 fully saturated rings. The Morgan fingerprint density at radius 2 is 2.29 bits per heavy atom. The van der Waals surface area contributed by atoms with E-state index in [0.717, 1.165) is 22.2 Å². The third kappa shape index (κ3) is 1.24. The highest BCUT2D eigenvalue weighted by Gasteiger charge is 2.07. The Balaban J connectivity index is 2.76. The second-order valence-corrected chi connectivity index (χ2v) is 3.21. The van der Waals surface area contributed by atoms with Gasteiger partial charge in [0.15, 0.2) is 0 Å². The van der Waals surface area contributed by atoms with Gasteiger partial charge in [-0.25, -0.2) is 0 Å². The first-order valence-electron chi connectivity index (χ1n) is 4.45. The van der Waals surface area contributed by atoms with Crippen molar-refractivity contribution in [1.82, 2.24) is 9.78 Å². The summed E-state index contributed by atoms with van der Waals surface area (Å²) in [6.45, 7) is 0.515. The summed E-state index contributed by atoms with van der Waals surface area (Å²) in [5.74, 6) is 0.822. The smallest absolute Gasteiger partial charge is 0.145 e. The SMILES string of the molecule is COc1cc(CN)cc2cnn(C)c12. The van der Waals surface area contributed by atoms with Crippen LogP contribution in [0.3, 0.4) is 0 Å². The fraction of sp³-hybridized carbons (Fsp3) is 0.300. The molecule has 1 aromatic carbocycles. The largest absolute Gasteiger partial charge is 0.494 e. The van der Waals surface area contributed by atoms with Gasteiger partial charge in [-0.3, -0.25) is 4.68 Å². The second kappa shape index (κ2) is 3.31. The fourth-order valence-electron chi connectivity index (χ4n) is 1.61. The van der Waals surface area contributed by atoms with Crippen LogP contribution >= 0.6 is 0 Å². The normalized spacial score (nSPS) is 10.8. The lowest BCUT2D eigenvalue weighted by Crippen LogP contribution is -1.98. The molecule has 0 aliphatic heterocycles. The number of rotatable bonds is 2. The first-order chi connectivity index (χ1) is 6.76. The van der Waals surface area contributed by atoms with Gasteiger partial charge in [-0.15, -0.1) is 0 Å². The molecule has 0 unspecified atom stereocenters. The van der Waals surface area contributed by atoms with Gasteiger partial charge in [0.2, 0.25) is 0 Å². The predicted molar refractivity (Wildman–Crippen MR) is 55.2 cm³/mol. The highest BCUT2D eigenvalue weighted by Crippen LogP contribution is 2.26. The molecule has 0 aliphatic rings. The molecule has 14 heavy (non-hydrogen) atoms. The van der Waals surface area contributed by atoms with Crippen molar-refractivity contribution in [3.8, 4) is 5.75 Å². The van der Waals surface area contributed by atoms with Gasteiger partial charge in [-0.2, -0.15) is 5.10 Å². The molecule has 4 nitrogen and oxygen atoms in total. The average Bonchev–Trinajstić information content (AvgIpc) is 2.59. The number of ether oxygens (including phenoxy) is 1. The summed E-state index contributed by atoms with van der Waals surface area (Å²) >= 11 is 0. The van der Waals surface area contributed by atoms with E-state index in [4.69, 9.17) is 10.5 Å². The van der Waals surface area contributed by atoms with Crippen LogP contribution in [0.5, 0.6) is 5.75 Å². The van der Waals surface area contributed by atoms with Crippen LogP contribution < -0.4 is 10.5 Å². The highest BCUT2D eigenvalue weighted by atomic mass is 16.5. The second-order valence-electron chi connectivity index (χ2n) is 3.21. The van der Waals surface area contributed by atoms with Crippen LogP contribution in [0.2, 0.25) is 0 Å². The summed E-state index contributed by atoms with van der Waals surface area (Å²) in [5.41, 5.74) is 7.65. The lowest BCUT2D eigenvalue weighted by atomic mass is 10.1. The minimum atomic E-state index is 0.515. The number of fused-ring (bicyclic) bond motifs is 1. The molecule has 0 amide bonds. The summed E-state index contributed by atoms with van der Waals surface area (Å²) in [7, 11) is 3.55. The average molecular weight is 191 g/mol. The van der Waals surface area contributed by atoms with Crippen LogP contribution in [0, 0.1) is 0 Å². The number of hydrogen-bond donors (Lipinski definition) is 1. The molecule has 0 saturated carbocycles. The van der Waals surface area contributed by atoms with Crippen molar-refractivity contribution in [2.75, 3.05) is 7.11 Å². The number of benzene rings is 1.